The average molecular weight is 335 g/mol. The second-order valence-electron chi connectivity index (χ2n) is 7.36. The minimum absolute atomic E-state index is 0.571. The smallest absolute Gasteiger partial charge is 0.0494 e. The largest absolute Gasteiger partial charge is 0.371 e. The molecule has 0 bridgehead atoms. The van der Waals surface area contributed by atoms with Crippen LogP contribution in [-0.4, -0.2) is 23.2 Å². The first-order chi connectivity index (χ1) is 12.1. The van der Waals surface area contributed by atoms with Gasteiger partial charge in [0.1, 0.15) is 0 Å². The highest BCUT2D eigenvalue weighted by atomic mass is 15.2. The lowest BCUT2D eigenvalue weighted by atomic mass is 9.77. The molecule has 0 aromatic heterocycles. The Kier molecular flexibility index (Phi) is 5.57. The highest BCUT2D eigenvalue weighted by Gasteiger charge is 2.37. The maximum atomic E-state index is 4.60. The molecule has 1 aliphatic carbocycles. The molecule has 3 aliphatic rings. The second kappa shape index (κ2) is 7.86. The molecular formula is C23H30N2. The van der Waals surface area contributed by atoms with Crippen molar-refractivity contribution in [3.05, 3.63) is 73.2 Å². The number of piperidine rings is 1. The summed E-state index contributed by atoms with van der Waals surface area (Å²) in [6.45, 7) is 17.0. The molecule has 2 unspecified atom stereocenters. The third kappa shape index (κ3) is 3.78. The van der Waals surface area contributed by atoms with E-state index in [0.29, 0.717) is 12.0 Å². The summed E-state index contributed by atoms with van der Waals surface area (Å²) < 4.78 is 0. The monoisotopic (exact) mass is 334 g/mol. The Morgan fingerprint density at radius 1 is 1.12 bits per heavy atom. The van der Waals surface area contributed by atoms with Crippen LogP contribution in [0.1, 0.15) is 44.9 Å². The lowest BCUT2D eigenvalue weighted by Crippen LogP contribution is -2.44. The molecule has 1 saturated heterocycles. The van der Waals surface area contributed by atoms with Gasteiger partial charge in [-0.25, -0.2) is 0 Å². The zero-order chi connectivity index (χ0) is 17.8. The minimum Gasteiger partial charge on any atom is -0.371 e. The van der Waals surface area contributed by atoms with Crippen LogP contribution in [0.2, 0.25) is 0 Å². The molecule has 2 nitrogen and oxygen atoms in total. The molecule has 1 fully saturated rings. The number of hydrogen-bond donors (Lipinski definition) is 0. The molecular weight excluding hydrogens is 304 g/mol. The fraction of sp³-hybridized carbons (Fsp3) is 0.435. The Labute approximate surface area is 152 Å². The number of hydrogen-bond acceptors (Lipinski definition) is 2. The topological polar surface area (TPSA) is 15.6 Å². The third-order valence-electron chi connectivity index (χ3n) is 5.82. The maximum Gasteiger partial charge on any atom is 0.0494 e. The van der Waals surface area contributed by atoms with E-state index in [9.17, 15) is 0 Å². The van der Waals surface area contributed by atoms with Gasteiger partial charge in [-0.05, 0) is 56.9 Å². The summed E-state index contributed by atoms with van der Waals surface area (Å²) in [5, 5.41) is 0. The summed E-state index contributed by atoms with van der Waals surface area (Å²) in [4.78, 5) is 7.26. The fourth-order valence-corrected chi connectivity index (χ4v) is 4.31. The zero-order valence-corrected chi connectivity index (χ0v) is 15.3. The van der Waals surface area contributed by atoms with Gasteiger partial charge in [-0.1, -0.05) is 49.6 Å². The SMILES string of the molecule is C=CC(=C)CCC1CCC2CCC3=NC=CC3=C2N1CCC(=C)C=C. The highest BCUT2D eigenvalue weighted by Crippen LogP contribution is 2.42. The van der Waals surface area contributed by atoms with Gasteiger partial charge < -0.3 is 4.90 Å². The van der Waals surface area contributed by atoms with Gasteiger partial charge in [0.05, 0.1) is 0 Å². The van der Waals surface area contributed by atoms with E-state index in [2.05, 4.69) is 42.3 Å². The van der Waals surface area contributed by atoms with Gasteiger partial charge in [0, 0.05) is 35.8 Å². The first-order valence-electron chi connectivity index (χ1n) is 9.49. The Hall–Kier alpha value is -2.09. The average Bonchev–Trinajstić information content (AvgIpc) is 3.12. The lowest BCUT2D eigenvalue weighted by molar-refractivity contribution is 0.151. The van der Waals surface area contributed by atoms with Crippen LogP contribution in [0.15, 0.2) is 78.2 Å². The molecule has 2 heteroatoms. The van der Waals surface area contributed by atoms with Crippen LogP contribution in [0, 0.1) is 5.92 Å². The summed E-state index contributed by atoms with van der Waals surface area (Å²) in [5.41, 5.74) is 6.48. The van der Waals surface area contributed by atoms with E-state index in [0.717, 1.165) is 43.4 Å². The predicted molar refractivity (Wildman–Crippen MR) is 109 cm³/mol. The maximum absolute atomic E-state index is 4.60. The number of allylic oxidation sites excluding steroid dienone is 6. The van der Waals surface area contributed by atoms with Gasteiger partial charge >= 0.3 is 0 Å². The summed E-state index contributed by atoms with van der Waals surface area (Å²) in [7, 11) is 0. The van der Waals surface area contributed by atoms with Gasteiger partial charge in [0.15, 0.2) is 0 Å². The molecule has 0 N–H and O–H groups in total. The number of likely N-dealkylation sites (tertiary alicyclic amines) is 1. The van der Waals surface area contributed by atoms with Crippen LogP contribution in [0.5, 0.6) is 0 Å². The molecule has 0 radical (unpaired) electrons. The van der Waals surface area contributed by atoms with Crippen molar-refractivity contribution in [3.63, 3.8) is 0 Å². The fourth-order valence-electron chi connectivity index (χ4n) is 4.31. The van der Waals surface area contributed by atoms with E-state index in [4.69, 9.17) is 0 Å². The van der Waals surface area contributed by atoms with Crippen LogP contribution in [0.3, 0.4) is 0 Å². The summed E-state index contributed by atoms with van der Waals surface area (Å²) in [6.07, 6.45) is 16.0. The van der Waals surface area contributed by atoms with Crippen LogP contribution in [0.4, 0.5) is 0 Å². The lowest BCUT2D eigenvalue weighted by Gasteiger charge is -2.46. The molecule has 25 heavy (non-hydrogen) atoms. The standard InChI is InChI=1S/C23H30N2/c1-5-17(3)7-10-20-11-8-19-9-12-22-21(13-15-24-22)23(19)25(20)16-14-18(4)6-2/h5-6,13,15,19-20H,1-4,7-12,14,16H2. The van der Waals surface area contributed by atoms with Gasteiger partial charge in [-0.3, -0.25) is 4.99 Å². The van der Waals surface area contributed by atoms with Crippen molar-refractivity contribution in [3.8, 4) is 0 Å². The first-order valence-corrected chi connectivity index (χ1v) is 9.49. The van der Waals surface area contributed by atoms with E-state index in [1.165, 1.54) is 36.2 Å². The van der Waals surface area contributed by atoms with Crippen molar-refractivity contribution in [1.82, 2.24) is 4.90 Å². The Bertz CT molecular complexity index is 674. The number of nitrogens with zero attached hydrogens (tertiary/aromatic N) is 2. The van der Waals surface area contributed by atoms with Gasteiger partial charge in [-0.2, -0.15) is 0 Å². The van der Waals surface area contributed by atoms with E-state index in [1.807, 2.05) is 18.4 Å². The van der Waals surface area contributed by atoms with Crippen LogP contribution in [0.25, 0.3) is 0 Å². The molecule has 2 atom stereocenters. The molecule has 3 rings (SSSR count). The number of aliphatic imine (C=N–C) groups is 1. The van der Waals surface area contributed by atoms with Crippen LogP contribution in [-0.2, 0) is 0 Å². The zero-order valence-electron chi connectivity index (χ0n) is 15.3. The first kappa shape index (κ1) is 17.7. The molecule has 132 valence electrons. The van der Waals surface area contributed by atoms with Crippen LogP contribution < -0.4 is 0 Å². The molecule has 0 amide bonds. The quantitative estimate of drug-likeness (QED) is 0.517. The Morgan fingerprint density at radius 2 is 1.88 bits per heavy atom. The molecule has 0 saturated carbocycles. The van der Waals surface area contributed by atoms with Crippen molar-refractivity contribution >= 4 is 5.71 Å². The van der Waals surface area contributed by atoms with E-state index in [1.54, 1.807) is 0 Å². The van der Waals surface area contributed by atoms with Gasteiger partial charge in [0.25, 0.3) is 0 Å². The summed E-state index contributed by atoms with van der Waals surface area (Å²) in [6, 6.07) is 0.571. The van der Waals surface area contributed by atoms with Gasteiger partial charge in [0.2, 0.25) is 0 Å². The van der Waals surface area contributed by atoms with E-state index >= 15 is 0 Å². The molecule has 0 aromatic rings. The van der Waals surface area contributed by atoms with Crippen molar-refractivity contribution in [2.45, 2.75) is 51.0 Å². The van der Waals surface area contributed by atoms with Crippen molar-refractivity contribution in [2.75, 3.05) is 6.54 Å². The summed E-state index contributed by atoms with van der Waals surface area (Å²) in [5.74, 6) is 0.688. The Balaban J connectivity index is 1.85. The van der Waals surface area contributed by atoms with Crippen LogP contribution >= 0.6 is 0 Å². The van der Waals surface area contributed by atoms with E-state index in [-0.39, 0.29) is 0 Å². The third-order valence-corrected chi connectivity index (χ3v) is 5.82. The molecule has 0 spiro atoms. The minimum atomic E-state index is 0.571. The molecule has 0 aromatic carbocycles. The molecule has 2 aliphatic heterocycles. The van der Waals surface area contributed by atoms with Crippen molar-refractivity contribution in [2.24, 2.45) is 10.9 Å². The predicted octanol–water partition coefficient (Wildman–Crippen LogP) is 5.74. The normalized spacial score (nSPS) is 24.5. The summed E-state index contributed by atoms with van der Waals surface area (Å²) >= 11 is 0. The highest BCUT2D eigenvalue weighted by molar-refractivity contribution is 6.06. The number of fused-ring (bicyclic) bond motifs is 2. The molecule has 2 heterocycles. The number of rotatable bonds is 8. The van der Waals surface area contributed by atoms with Crippen molar-refractivity contribution in [1.29, 1.82) is 0 Å². The Morgan fingerprint density at radius 3 is 2.64 bits per heavy atom. The van der Waals surface area contributed by atoms with Crippen molar-refractivity contribution < 1.29 is 0 Å². The second-order valence-corrected chi connectivity index (χ2v) is 7.36. The van der Waals surface area contributed by atoms with E-state index < -0.39 is 0 Å². The van der Waals surface area contributed by atoms with Gasteiger partial charge in [-0.15, -0.1) is 0 Å².